The van der Waals surface area contributed by atoms with Gasteiger partial charge in [-0.3, -0.25) is 4.79 Å². The number of nitriles is 1. The van der Waals surface area contributed by atoms with Crippen LogP contribution in [0.1, 0.15) is 11.1 Å². The first kappa shape index (κ1) is 19.4. The molecule has 0 fully saturated rings. The zero-order chi connectivity index (χ0) is 18.9. The van der Waals surface area contributed by atoms with Crippen molar-refractivity contribution in [3.63, 3.8) is 0 Å². The lowest BCUT2D eigenvalue weighted by Gasteiger charge is -2.10. The molecule has 0 unspecified atom stereocenters. The zero-order valence-electron chi connectivity index (χ0n) is 14.7. The first-order chi connectivity index (χ1) is 12.5. The van der Waals surface area contributed by atoms with E-state index in [0.717, 1.165) is 6.42 Å². The minimum absolute atomic E-state index is 0.0307. The normalized spacial score (nSPS) is 10.8. The van der Waals surface area contributed by atoms with Crippen LogP contribution < -0.4 is 15.4 Å². The van der Waals surface area contributed by atoms with E-state index in [1.165, 1.54) is 24.4 Å². The Hall–Kier alpha value is -2.97. The van der Waals surface area contributed by atoms with Crippen molar-refractivity contribution in [2.24, 2.45) is 0 Å². The van der Waals surface area contributed by atoms with Crippen molar-refractivity contribution in [1.29, 1.82) is 5.26 Å². The molecule has 0 aromatic heterocycles. The van der Waals surface area contributed by atoms with E-state index in [-0.39, 0.29) is 5.57 Å². The van der Waals surface area contributed by atoms with Gasteiger partial charge in [-0.25, -0.2) is 0 Å². The summed E-state index contributed by atoms with van der Waals surface area (Å²) in [6.07, 6.45) is 2.22. The molecular formula is C20H20ClN3O2. The van der Waals surface area contributed by atoms with E-state index in [1.807, 2.05) is 18.2 Å². The Morgan fingerprint density at radius 2 is 2.08 bits per heavy atom. The number of halogens is 1. The molecule has 0 spiro atoms. The van der Waals surface area contributed by atoms with Crippen LogP contribution in [0.3, 0.4) is 0 Å². The van der Waals surface area contributed by atoms with Crippen LogP contribution in [0.5, 0.6) is 5.75 Å². The summed E-state index contributed by atoms with van der Waals surface area (Å²) in [6.45, 7) is 2.67. The van der Waals surface area contributed by atoms with Crippen LogP contribution in [0.15, 0.2) is 54.2 Å². The predicted octanol–water partition coefficient (Wildman–Crippen LogP) is 3.84. The summed E-state index contributed by atoms with van der Waals surface area (Å²) in [5, 5.41) is 15.4. The molecule has 2 aromatic carbocycles. The highest BCUT2D eigenvalue weighted by Gasteiger charge is 2.12. The van der Waals surface area contributed by atoms with Crippen LogP contribution in [0, 0.1) is 18.3 Å². The Morgan fingerprint density at radius 3 is 2.77 bits per heavy atom. The summed E-state index contributed by atoms with van der Waals surface area (Å²) in [5.41, 5.74) is 2.81. The fraction of sp³-hybridized carbons (Fsp3) is 0.200. The maximum absolute atomic E-state index is 12.3. The molecule has 0 aliphatic rings. The fourth-order valence-electron chi connectivity index (χ4n) is 2.39. The summed E-state index contributed by atoms with van der Waals surface area (Å²) < 4.78 is 5.18. The number of amides is 1. The monoisotopic (exact) mass is 369 g/mol. The molecule has 0 heterocycles. The van der Waals surface area contributed by atoms with Crippen molar-refractivity contribution in [2.45, 2.75) is 13.3 Å². The summed E-state index contributed by atoms with van der Waals surface area (Å²) in [7, 11) is 1.49. The average Bonchev–Trinajstić information content (AvgIpc) is 2.63. The number of carbonyl (C=O) groups excluding carboxylic acids is 1. The van der Waals surface area contributed by atoms with Gasteiger partial charge in [-0.15, -0.1) is 0 Å². The zero-order valence-corrected chi connectivity index (χ0v) is 15.4. The van der Waals surface area contributed by atoms with Gasteiger partial charge in [-0.1, -0.05) is 35.9 Å². The predicted molar refractivity (Wildman–Crippen MR) is 103 cm³/mol. The largest absolute Gasteiger partial charge is 0.495 e. The quantitative estimate of drug-likeness (QED) is 0.442. The number of aryl methyl sites for hydroxylation is 1. The van der Waals surface area contributed by atoms with Crippen LogP contribution in [-0.2, 0) is 11.2 Å². The molecule has 2 rings (SSSR count). The van der Waals surface area contributed by atoms with Gasteiger partial charge in [0.15, 0.2) is 0 Å². The van der Waals surface area contributed by atoms with E-state index in [2.05, 4.69) is 29.7 Å². The highest BCUT2D eigenvalue weighted by molar-refractivity contribution is 6.31. The second-order valence-corrected chi connectivity index (χ2v) is 6.04. The SMILES string of the molecule is COc1ccc(Cl)cc1NC(=O)/C(C#N)=C\NCCc1ccccc1C. The first-order valence-corrected chi connectivity index (χ1v) is 8.46. The maximum atomic E-state index is 12.3. The Morgan fingerprint density at radius 1 is 1.31 bits per heavy atom. The van der Waals surface area contributed by atoms with Crippen LogP contribution in [-0.4, -0.2) is 19.6 Å². The minimum Gasteiger partial charge on any atom is -0.495 e. The van der Waals surface area contributed by atoms with E-state index < -0.39 is 5.91 Å². The van der Waals surface area contributed by atoms with Gasteiger partial charge in [0.2, 0.25) is 0 Å². The van der Waals surface area contributed by atoms with Crippen molar-refractivity contribution in [3.8, 4) is 11.8 Å². The van der Waals surface area contributed by atoms with Crippen molar-refractivity contribution in [3.05, 3.63) is 70.4 Å². The molecule has 0 atom stereocenters. The van der Waals surface area contributed by atoms with Gasteiger partial charge in [-0.2, -0.15) is 5.26 Å². The van der Waals surface area contributed by atoms with Gasteiger partial charge in [0.05, 0.1) is 12.8 Å². The van der Waals surface area contributed by atoms with Crippen molar-refractivity contribution in [1.82, 2.24) is 5.32 Å². The average molecular weight is 370 g/mol. The molecule has 0 aliphatic heterocycles. The molecular weight excluding hydrogens is 350 g/mol. The molecule has 2 aromatic rings. The lowest BCUT2D eigenvalue weighted by molar-refractivity contribution is -0.112. The lowest BCUT2D eigenvalue weighted by Crippen LogP contribution is -2.18. The standard InChI is InChI=1S/C20H20ClN3O2/c1-14-5-3-4-6-15(14)9-10-23-13-16(12-22)20(25)24-18-11-17(21)7-8-19(18)26-2/h3-8,11,13,23H,9-10H2,1-2H3,(H,24,25)/b16-13-. The molecule has 0 bridgehead atoms. The number of nitrogens with zero attached hydrogens (tertiary/aromatic N) is 1. The Labute approximate surface area is 158 Å². The molecule has 0 radical (unpaired) electrons. The summed E-state index contributed by atoms with van der Waals surface area (Å²) in [5.74, 6) is -0.0657. The fourth-order valence-corrected chi connectivity index (χ4v) is 2.56. The number of methoxy groups -OCH3 is 1. The topological polar surface area (TPSA) is 74.1 Å². The van der Waals surface area contributed by atoms with Crippen molar-refractivity contribution < 1.29 is 9.53 Å². The highest BCUT2D eigenvalue weighted by atomic mass is 35.5. The number of hydrogen-bond acceptors (Lipinski definition) is 4. The van der Waals surface area contributed by atoms with Crippen LogP contribution in [0.2, 0.25) is 5.02 Å². The van der Waals surface area contributed by atoms with E-state index in [1.54, 1.807) is 18.2 Å². The van der Waals surface area contributed by atoms with E-state index in [4.69, 9.17) is 16.3 Å². The number of benzene rings is 2. The van der Waals surface area contributed by atoms with Gasteiger partial charge < -0.3 is 15.4 Å². The van der Waals surface area contributed by atoms with E-state index >= 15 is 0 Å². The lowest BCUT2D eigenvalue weighted by atomic mass is 10.1. The Kier molecular flexibility index (Phi) is 7.07. The first-order valence-electron chi connectivity index (χ1n) is 8.08. The van der Waals surface area contributed by atoms with Crippen LogP contribution >= 0.6 is 11.6 Å². The van der Waals surface area contributed by atoms with Crippen LogP contribution in [0.25, 0.3) is 0 Å². The number of anilines is 1. The summed E-state index contributed by atoms with van der Waals surface area (Å²) in [4.78, 5) is 12.3. The second-order valence-electron chi connectivity index (χ2n) is 5.60. The molecule has 0 saturated carbocycles. The number of ether oxygens (including phenoxy) is 1. The molecule has 1 amide bonds. The molecule has 6 heteroatoms. The van der Waals surface area contributed by atoms with E-state index in [9.17, 15) is 10.1 Å². The second kappa shape index (κ2) is 9.50. The summed E-state index contributed by atoms with van der Waals surface area (Å²) >= 11 is 5.95. The third kappa shape index (κ3) is 5.27. The molecule has 0 aliphatic carbocycles. The number of rotatable bonds is 7. The molecule has 134 valence electrons. The number of nitrogens with one attached hydrogen (secondary N) is 2. The molecule has 2 N–H and O–H groups in total. The maximum Gasteiger partial charge on any atom is 0.267 e. The molecule has 0 saturated heterocycles. The van der Waals surface area contributed by atoms with Gasteiger partial charge in [0, 0.05) is 17.8 Å². The third-order valence-corrected chi connectivity index (χ3v) is 4.06. The molecule has 5 nitrogen and oxygen atoms in total. The van der Waals surface area contributed by atoms with E-state index in [0.29, 0.717) is 23.0 Å². The summed E-state index contributed by atoms with van der Waals surface area (Å²) in [6, 6.07) is 14.9. The van der Waals surface area contributed by atoms with Crippen molar-refractivity contribution >= 4 is 23.2 Å². The third-order valence-electron chi connectivity index (χ3n) is 3.82. The number of carbonyl (C=O) groups is 1. The van der Waals surface area contributed by atoms with Gasteiger partial charge in [0.25, 0.3) is 5.91 Å². The smallest absolute Gasteiger partial charge is 0.267 e. The van der Waals surface area contributed by atoms with Gasteiger partial charge >= 0.3 is 0 Å². The van der Waals surface area contributed by atoms with Gasteiger partial charge in [-0.05, 0) is 42.7 Å². The Bertz CT molecular complexity index is 856. The van der Waals surface area contributed by atoms with Gasteiger partial charge in [0.1, 0.15) is 17.4 Å². The van der Waals surface area contributed by atoms with Crippen LogP contribution in [0.4, 0.5) is 5.69 Å². The molecule has 26 heavy (non-hydrogen) atoms. The number of hydrogen-bond donors (Lipinski definition) is 2. The highest BCUT2D eigenvalue weighted by Crippen LogP contribution is 2.27. The Balaban J connectivity index is 1.98. The minimum atomic E-state index is -0.531. The van der Waals surface area contributed by atoms with Crippen molar-refractivity contribution in [2.75, 3.05) is 19.0 Å².